The zero-order valence-corrected chi connectivity index (χ0v) is 13.1. The van der Waals surface area contributed by atoms with Gasteiger partial charge >= 0.3 is 0 Å². The van der Waals surface area contributed by atoms with Gasteiger partial charge in [-0.2, -0.15) is 0 Å². The van der Waals surface area contributed by atoms with E-state index in [9.17, 15) is 4.79 Å². The van der Waals surface area contributed by atoms with Crippen LogP contribution in [0.4, 0.5) is 5.82 Å². The van der Waals surface area contributed by atoms with Gasteiger partial charge in [-0.25, -0.2) is 4.98 Å². The van der Waals surface area contributed by atoms with Crippen LogP contribution in [0, 0.1) is 5.92 Å². The highest BCUT2D eigenvalue weighted by Gasteiger charge is 2.34. The summed E-state index contributed by atoms with van der Waals surface area (Å²) in [4.78, 5) is 16.9. The molecular weight excluding hydrogens is 250 g/mol. The van der Waals surface area contributed by atoms with Gasteiger partial charge in [-0.3, -0.25) is 4.79 Å². The van der Waals surface area contributed by atoms with Crippen LogP contribution in [0.25, 0.3) is 0 Å². The lowest BCUT2D eigenvalue weighted by Crippen LogP contribution is -2.27. The van der Waals surface area contributed by atoms with E-state index < -0.39 is 0 Å². The van der Waals surface area contributed by atoms with Crippen molar-refractivity contribution in [2.75, 3.05) is 11.9 Å². The van der Waals surface area contributed by atoms with Crippen molar-refractivity contribution in [1.29, 1.82) is 0 Å². The lowest BCUT2D eigenvalue weighted by molar-refractivity contribution is 0.0949. The number of anilines is 1. The highest BCUT2D eigenvalue weighted by molar-refractivity contribution is 5.95. The van der Waals surface area contributed by atoms with Gasteiger partial charge in [0.1, 0.15) is 5.82 Å². The van der Waals surface area contributed by atoms with Gasteiger partial charge < -0.3 is 10.6 Å². The van der Waals surface area contributed by atoms with Crippen LogP contribution < -0.4 is 10.6 Å². The first-order valence-corrected chi connectivity index (χ1v) is 7.38. The zero-order chi connectivity index (χ0) is 14.9. The molecule has 110 valence electrons. The van der Waals surface area contributed by atoms with Crippen molar-refractivity contribution < 1.29 is 4.79 Å². The van der Waals surface area contributed by atoms with E-state index in [-0.39, 0.29) is 11.3 Å². The number of carbonyl (C=O) groups is 1. The number of aromatic nitrogens is 1. The van der Waals surface area contributed by atoms with Crippen molar-refractivity contribution in [2.45, 2.75) is 52.5 Å². The maximum atomic E-state index is 12.3. The summed E-state index contributed by atoms with van der Waals surface area (Å²) in [5, 5.41) is 6.28. The number of hydrogen-bond acceptors (Lipinski definition) is 3. The second kappa shape index (κ2) is 5.43. The molecule has 2 rings (SSSR count). The number of pyridine rings is 1. The molecule has 1 amide bonds. The van der Waals surface area contributed by atoms with Gasteiger partial charge in [-0.15, -0.1) is 0 Å². The van der Waals surface area contributed by atoms with Gasteiger partial charge in [0.25, 0.3) is 5.91 Å². The van der Waals surface area contributed by atoms with Crippen LogP contribution in [0.5, 0.6) is 0 Å². The standard InChI is InChI=1S/C16H25N3O/c1-6-17-14-9-11(8-13(19-14)16(3,4)5)15(20)18-12-7-10(12)2/h8-10,12H,6-7H2,1-5H3,(H,17,19)(H,18,20). The predicted octanol–water partition coefficient (Wildman–Crippen LogP) is 2.95. The first-order chi connectivity index (χ1) is 9.31. The lowest BCUT2D eigenvalue weighted by Gasteiger charge is -2.20. The molecule has 1 aromatic heterocycles. The summed E-state index contributed by atoms with van der Waals surface area (Å²) in [6.07, 6.45) is 1.09. The Morgan fingerprint density at radius 1 is 1.40 bits per heavy atom. The summed E-state index contributed by atoms with van der Waals surface area (Å²) in [6, 6.07) is 4.08. The average molecular weight is 275 g/mol. The molecule has 1 fully saturated rings. The maximum absolute atomic E-state index is 12.3. The molecular formula is C16H25N3O. The Kier molecular flexibility index (Phi) is 4.02. The van der Waals surface area contributed by atoms with E-state index in [0.29, 0.717) is 17.5 Å². The van der Waals surface area contributed by atoms with Crippen molar-refractivity contribution in [3.8, 4) is 0 Å². The minimum atomic E-state index is -0.0761. The molecule has 20 heavy (non-hydrogen) atoms. The summed E-state index contributed by atoms with van der Waals surface area (Å²) < 4.78 is 0. The molecule has 4 heteroatoms. The molecule has 2 unspecified atom stereocenters. The summed E-state index contributed by atoms with van der Waals surface area (Å²) in [6.45, 7) is 11.3. The van der Waals surface area contributed by atoms with Gasteiger partial charge in [-0.05, 0) is 31.4 Å². The monoisotopic (exact) mass is 275 g/mol. The first kappa shape index (κ1) is 14.8. The minimum Gasteiger partial charge on any atom is -0.370 e. The second-order valence-electron chi connectivity index (χ2n) is 6.70. The molecule has 2 atom stereocenters. The van der Waals surface area contributed by atoms with Crippen LogP contribution in [0.2, 0.25) is 0 Å². The van der Waals surface area contributed by atoms with E-state index in [1.165, 1.54) is 0 Å². The Morgan fingerprint density at radius 2 is 2.05 bits per heavy atom. The van der Waals surface area contributed by atoms with Gasteiger partial charge in [0.15, 0.2) is 0 Å². The molecule has 0 aromatic carbocycles. The summed E-state index contributed by atoms with van der Waals surface area (Å²) in [5.74, 6) is 1.39. The zero-order valence-electron chi connectivity index (χ0n) is 13.1. The second-order valence-corrected chi connectivity index (χ2v) is 6.70. The number of carbonyl (C=O) groups excluding carboxylic acids is 1. The lowest BCUT2D eigenvalue weighted by atomic mass is 9.90. The van der Waals surface area contributed by atoms with Crippen LogP contribution in [0.15, 0.2) is 12.1 Å². The van der Waals surface area contributed by atoms with E-state index in [0.717, 1.165) is 24.5 Å². The topological polar surface area (TPSA) is 54.0 Å². The Morgan fingerprint density at radius 3 is 2.55 bits per heavy atom. The van der Waals surface area contributed by atoms with E-state index in [4.69, 9.17) is 0 Å². The highest BCUT2D eigenvalue weighted by atomic mass is 16.1. The Bertz CT molecular complexity index is 505. The molecule has 1 aromatic rings. The molecule has 1 heterocycles. The summed E-state index contributed by atoms with van der Waals surface area (Å²) in [5.41, 5.74) is 1.55. The first-order valence-electron chi connectivity index (χ1n) is 7.38. The third-order valence-corrected chi connectivity index (χ3v) is 3.64. The molecule has 0 spiro atoms. The van der Waals surface area contributed by atoms with Crippen molar-refractivity contribution in [3.05, 3.63) is 23.4 Å². The quantitative estimate of drug-likeness (QED) is 0.888. The van der Waals surface area contributed by atoms with Gasteiger partial charge in [0, 0.05) is 29.3 Å². The molecule has 1 aliphatic rings. The largest absolute Gasteiger partial charge is 0.370 e. The van der Waals surface area contributed by atoms with E-state index in [1.54, 1.807) is 0 Å². The van der Waals surface area contributed by atoms with Crippen molar-refractivity contribution in [2.24, 2.45) is 5.92 Å². The summed E-state index contributed by atoms with van der Waals surface area (Å²) in [7, 11) is 0. The smallest absolute Gasteiger partial charge is 0.251 e. The summed E-state index contributed by atoms with van der Waals surface area (Å²) >= 11 is 0. The average Bonchev–Trinajstić information content (AvgIpc) is 3.03. The molecule has 2 N–H and O–H groups in total. The molecule has 0 saturated heterocycles. The van der Waals surface area contributed by atoms with Crippen LogP contribution in [-0.4, -0.2) is 23.5 Å². The Hall–Kier alpha value is -1.58. The third kappa shape index (κ3) is 3.50. The number of nitrogens with zero attached hydrogens (tertiary/aromatic N) is 1. The van der Waals surface area contributed by atoms with E-state index >= 15 is 0 Å². The predicted molar refractivity (Wildman–Crippen MR) is 82.1 cm³/mol. The molecule has 0 bridgehead atoms. The van der Waals surface area contributed by atoms with Crippen molar-refractivity contribution >= 4 is 11.7 Å². The van der Waals surface area contributed by atoms with Gasteiger partial charge in [0.2, 0.25) is 0 Å². The van der Waals surface area contributed by atoms with Crippen LogP contribution in [0.1, 0.15) is 57.1 Å². The Labute approximate surface area is 121 Å². The van der Waals surface area contributed by atoms with E-state index in [2.05, 4.69) is 43.3 Å². The minimum absolute atomic E-state index is 0.00593. The normalized spacial score (nSPS) is 21.4. The SMILES string of the molecule is CCNc1cc(C(=O)NC2CC2C)cc(C(C)(C)C)n1. The molecule has 0 radical (unpaired) electrons. The van der Waals surface area contributed by atoms with Gasteiger partial charge in [-0.1, -0.05) is 27.7 Å². The highest BCUT2D eigenvalue weighted by Crippen LogP contribution is 2.30. The van der Waals surface area contributed by atoms with Crippen LogP contribution >= 0.6 is 0 Å². The van der Waals surface area contributed by atoms with Crippen LogP contribution in [-0.2, 0) is 5.41 Å². The fourth-order valence-electron chi connectivity index (χ4n) is 2.09. The third-order valence-electron chi connectivity index (χ3n) is 3.64. The molecule has 1 saturated carbocycles. The fraction of sp³-hybridized carbons (Fsp3) is 0.625. The maximum Gasteiger partial charge on any atom is 0.251 e. The molecule has 4 nitrogen and oxygen atoms in total. The van der Waals surface area contributed by atoms with Gasteiger partial charge in [0.05, 0.1) is 0 Å². The number of rotatable bonds is 4. The van der Waals surface area contributed by atoms with E-state index in [1.807, 2.05) is 19.1 Å². The fourth-order valence-corrected chi connectivity index (χ4v) is 2.09. The number of hydrogen-bond donors (Lipinski definition) is 2. The molecule has 1 aliphatic carbocycles. The van der Waals surface area contributed by atoms with Crippen molar-refractivity contribution in [3.63, 3.8) is 0 Å². The number of amides is 1. The number of nitrogens with one attached hydrogen (secondary N) is 2. The Balaban J connectivity index is 2.26. The van der Waals surface area contributed by atoms with Crippen molar-refractivity contribution in [1.82, 2.24) is 10.3 Å². The van der Waals surface area contributed by atoms with Crippen LogP contribution in [0.3, 0.4) is 0 Å². The molecule has 0 aliphatic heterocycles.